The van der Waals surface area contributed by atoms with Crippen molar-refractivity contribution in [3.63, 3.8) is 0 Å². The van der Waals surface area contributed by atoms with Crippen molar-refractivity contribution < 1.29 is 0 Å². The van der Waals surface area contributed by atoms with Crippen molar-refractivity contribution in [2.45, 2.75) is 32.6 Å². The smallest absolute Gasteiger partial charge is 0.0604 e. The molecule has 0 amide bonds. The van der Waals surface area contributed by atoms with Gasteiger partial charge in [0.2, 0.25) is 0 Å². The summed E-state index contributed by atoms with van der Waals surface area (Å²) >= 11 is 0. The molecular weight excluding hydrogens is 246 g/mol. The summed E-state index contributed by atoms with van der Waals surface area (Å²) in [6.45, 7) is 7.94. The number of para-hydroxylation sites is 2. The maximum absolute atomic E-state index is 3.39. The van der Waals surface area contributed by atoms with E-state index < -0.39 is 0 Å². The molecule has 1 aromatic carbocycles. The Balaban J connectivity index is 1.73. The van der Waals surface area contributed by atoms with E-state index in [1.54, 1.807) is 0 Å². The summed E-state index contributed by atoms with van der Waals surface area (Å²) in [5.41, 5.74) is 2.79. The second-order valence-corrected chi connectivity index (χ2v) is 5.67. The van der Waals surface area contributed by atoms with Gasteiger partial charge in [0.1, 0.15) is 0 Å². The minimum absolute atomic E-state index is 1.10. The number of benzene rings is 1. The first-order valence-electron chi connectivity index (χ1n) is 8.08. The van der Waals surface area contributed by atoms with Crippen molar-refractivity contribution in [3.8, 4) is 0 Å². The molecule has 0 unspecified atom stereocenters. The quantitative estimate of drug-likeness (QED) is 0.735. The Hall–Kier alpha value is -1.22. The summed E-state index contributed by atoms with van der Waals surface area (Å²) < 4.78 is 0. The fourth-order valence-corrected chi connectivity index (χ4v) is 2.88. The predicted molar refractivity (Wildman–Crippen MR) is 88.9 cm³/mol. The van der Waals surface area contributed by atoms with Crippen LogP contribution in [0.1, 0.15) is 32.6 Å². The van der Waals surface area contributed by atoms with Gasteiger partial charge in [0, 0.05) is 26.7 Å². The van der Waals surface area contributed by atoms with Crippen LogP contribution in [0.4, 0.5) is 11.4 Å². The van der Waals surface area contributed by atoms with Crippen LogP contribution >= 0.6 is 0 Å². The number of unbranched alkanes of at least 4 members (excludes halogenated alkanes) is 3. The average Bonchev–Trinajstić information content (AvgIpc) is 2.49. The number of nitrogens with zero attached hydrogens (tertiary/aromatic N) is 2. The number of hydrogen-bond donors (Lipinski definition) is 1. The van der Waals surface area contributed by atoms with Gasteiger partial charge in [0.05, 0.1) is 11.4 Å². The van der Waals surface area contributed by atoms with Crippen molar-refractivity contribution in [2.75, 3.05) is 49.6 Å². The fourth-order valence-electron chi connectivity index (χ4n) is 2.88. The van der Waals surface area contributed by atoms with Gasteiger partial charge in [0.15, 0.2) is 0 Å². The van der Waals surface area contributed by atoms with E-state index in [0.717, 1.165) is 19.6 Å². The molecule has 0 aliphatic carbocycles. The van der Waals surface area contributed by atoms with Gasteiger partial charge in [-0.05, 0) is 38.1 Å². The van der Waals surface area contributed by atoms with Crippen molar-refractivity contribution in [1.29, 1.82) is 0 Å². The van der Waals surface area contributed by atoms with E-state index in [4.69, 9.17) is 0 Å². The fraction of sp³-hybridized carbons (Fsp3) is 0.647. The average molecular weight is 275 g/mol. The Morgan fingerprint density at radius 2 is 1.75 bits per heavy atom. The summed E-state index contributed by atoms with van der Waals surface area (Å²) in [5.74, 6) is 0. The van der Waals surface area contributed by atoms with Crippen LogP contribution in [-0.4, -0.2) is 39.8 Å². The van der Waals surface area contributed by atoms with Gasteiger partial charge in [-0.15, -0.1) is 0 Å². The molecule has 3 nitrogen and oxygen atoms in total. The molecule has 1 aliphatic rings. The monoisotopic (exact) mass is 275 g/mol. The zero-order valence-corrected chi connectivity index (χ0v) is 13.1. The van der Waals surface area contributed by atoms with Gasteiger partial charge in [-0.3, -0.25) is 0 Å². The van der Waals surface area contributed by atoms with Crippen molar-refractivity contribution in [2.24, 2.45) is 0 Å². The summed E-state index contributed by atoms with van der Waals surface area (Å²) in [6, 6.07) is 8.79. The van der Waals surface area contributed by atoms with E-state index in [1.807, 2.05) is 0 Å². The Labute approximate surface area is 124 Å². The van der Waals surface area contributed by atoms with Gasteiger partial charge in [-0.25, -0.2) is 0 Å². The predicted octanol–water partition coefficient (Wildman–Crippen LogP) is 3.11. The third-order valence-corrected chi connectivity index (χ3v) is 4.12. The van der Waals surface area contributed by atoms with Crippen LogP contribution in [0.15, 0.2) is 24.3 Å². The molecule has 0 spiro atoms. The standard InChI is InChI=1S/C17H29N3/c1-3-18-12-8-4-5-9-13-20-15-14-19(2)16-10-6-7-11-17(16)20/h6-7,10-11,18H,3-5,8-9,12-15H2,1-2H3. The Kier molecular flexibility index (Phi) is 6.19. The number of nitrogens with one attached hydrogen (secondary N) is 1. The number of fused-ring (bicyclic) bond motifs is 1. The number of rotatable bonds is 8. The molecule has 1 aromatic rings. The van der Waals surface area contributed by atoms with Crippen LogP contribution in [0.2, 0.25) is 0 Å². The summed E-state index contributed by atoms with van der Waals surface area (Å²) in [5, 5.41) is 3.39. The molecule has 0 fully saturated rings. The van der Waals surface area contributed by atoms with Crippen LogP contribution < -0.4 is 15.1 Å². The van der Waals surface area contributed by atoms with E-state index in [0.29, 0.717) is 0 Å². The van der Waals surface area contributed by atoms with Gasteiger partial charge >= 0.3 is 0 Å². The van der Waals surface area contributed by atoms with Crippen LogP contribution in [0, 0.1) is 0 Å². The van der Waals surface area contributed by atoms with Crippen molar-refractivity contribution >= 4 is 11.4 Å². The molecule has 0 radical (unpaired) electrons. The normalized spacial score (nSPS) is 14.5. The Morgan fingerprint density at radius 3 is 2.55 bits per heavy atom. The van der Waals surface area contributed by atoms with Gasteiger partial charge in [0.25, 0.3) is 0 Å². The van der Waals surface area contributed by atoms with Crippen molar-refractivity contribution in [3.05, 3.63) is 24.3 Å². The first-order chi connectivity index (χ1) is 9.83. The Bertz CT molecular complexity index is 392. The van der Waals surface area contributed by atoms with E-state index in [1.165, 1.54) is 50.1 Å². The molecule has 1 aliphatic heterocycles. The second-order valence-electron chi connectivity index (χ2n) is 5.67. The lowest BCUT2D eigenvalue weighted by atomic mass is 10.1. The molecule has 3 heteroatoms. The van der Waals surface area contributed by atoms with E-state index in [-0.39, 0.29) is 0 Å². The molecule has 2 rings (SSSR count). The zero-order valence-electron chi connectivity index (χ0n) is 13.1. The first kappa shape index (κ1) is 15.2. The van der Waals surface area contributed by atoms with E-state index in [2.05, 4.69) is 53.4 Å². The molecule has 0 saturated carbocycles. The number of likely N-dealkylation sites (N-methyl/N-ethyl adjacent to an activating group) is 1. The maximum atomic E-state index is 3.39. The van der Waals surface area contributed by atoms with Crippen LogP contribution in [-0.2, 0) is 0 Å². The van der Waals surface area contributed by atoms with Crippen LogP contribution in [0.3, 0.4) is 0 Å². The minimum atomic E-state index is 1.10. The maximum Gasteiger partial charge on any atom is 0.0604 e. The van der Waals surface area contributed by atoms with Crippen LogP contribution in [0.5, 0.6) is 0 Å². The largest absolute Gasteiger partial charge is 0.371 e. The molecule has 1 N–H and O–H groups in total. The second kappa shape index (κ2) is 8.15. The Morgan fingerprint density at radius 1 is 1.00 bits per heavy atom. The van der Waals surface area contributed by atoms with Gasteiger partial charge < -0.3 is 15.1 Å². The molecular formula is C17H29N3. The van der Waals surface area contributed by atoms with E-state index in [9.17, 15) is 0 Å². The third-order valence-electron chi connectivity index (χ3n) is 4.12. The highest BCUT2D eigenvalue weighted by molar-refractivity contribution is 5.72. The lowest BCUT2D eigenvalue weighted by Gasteiger charge is -2.37. The number of anilines is 2. The van der Waals surface area contributed by atoms with Gasteiger partial charge in [-0.2, -0.15) is 0 Å². The van der Waals surface area contributed by atoms with E-state index >= 15 is 0 Å². The lowest BCUT2D eigenvalue weighted by molar-refractivity contribution is 0.588. The van der Waals surface area contributed by atoms with Gasteiger partial charge in [-0.1, -0.05) is 31.9 Å². The lowest BCUT2D eigenvalue weighted by Crippen LogP contribution is -2.39. The molecule has 0 aromatic heterocycles. The minimum Gasteiger partial charge on any atom is -0.371 e. The summed E-state index contributed by atoms with van der Waals surface area (Å²) in [6.07, 6.45) is 5.32. The molecule has 0 bridgehead atoms. The molecule has 0 atom stereocenters. The molecule has 1 heterocycles. The highest BCUT2D eigenvalue weighted by Crippen LogP contribution is 2.31. The first-order valence-corrected chi connectivity index (χ1v) is 8.08. The molecule has 112 valence electrons. The molecule has 20 heavy (non-hydrogen) atoms. The van der Waals surface area contributed by atoms with Crippen LogP contribution in [0.25, 0.3) is 0 Å². The summed E-state index contributed by atoms with van der Waals surface area (Å²) in [7, 11) is 2.19. The molecule has 0 saturated heterocycles. The summed E-state index contributed by atoms with van der Waals surface area (Å²) in [4.78, 5) is 4.92. The highest BCUT2D eigenvalue weighted by atomic mass is 15.2. The van der Waals surface area contributed by atoms with Crippen molar-refractivity contribution in [1.82, 2.24) is 5.32 Å². The zero-order chi connectivity index (χ0) is 14.2. The highest BCUT2D eigenvalue weighted by Gasteiger charge is 2.18. The topological polar surface area (TPSA) is 18.5 Å². The SMILES string of the molecule is CCNCCCCCCN1CCN(C)c2ccccc21. The third kappa shape index (κ3) is 4.14. The number of hydrogen-bond acceptors (Lipinski definition) is 3.